The Morgan fingerprint density at radius 1 is 1.07 bits per heavy atom. The van der Waals surface area contributed by atoms with Crippen LogP contribution >= 0.6 is 0 Å². The molecule has 4 saturated carbocycles. The molecular weight excluding hydrogens is 520 g/mol. The molecule has 0 bridgehead atoms. The number of carbonyl (C=O) groups excluding carboxylic acids is 2. The van der Waals surface area contributed by atoms with Crippen molar-refractivity contribution in [3.05, 3.63) is 11.6 Å². The normalized spacial score (nSPS) is 54.1. The van der Waals surface area contributed by atoms with Crippen LogP contribution in [0.5, 0.6) is 0 Å². The Morgan fingerprint density at radius 3 is 2.50 bits per heavy atom. The maximum atomic E-state index is 13.0. The van der Waals surface area contributed by atoms with Crippen LogP contribution in [0.1, 0.15) is 71.6 Å². The van der Waals surface area contributed by atoms with Gasteiger partial charge in [-0.1, -0.05) is 6.92 Å². The molecule has 10 nitrogen and oxygen atoms in total. The van der Waals surface area contributed by atoms with Gasteiger partial charge in [0.15, 0.2) is 6.29 Å². The van der Waals surface area contributed by atoms with E-state index in [1.54, 1.807) is 14.0 Å². The lowest BCUT2D eigenvalue weighted by Crippen LogP contribution is -2.69. The molecule has 0 aromatic heterocycles. The van der Waals surface area contributed by atoms with E-state index in [0.29, 0.717) is 44.9 Å². The molecule has 6 rings (SSSR count). The highest BCUT2D eigenvalue weighted by molar-refractivity contribution is 5.85. The third-order valence-electron chi connectivity index (χ3n) is 12.1. The van der Waals surface area contributed by atoms with Gasteiger partial charge in [0.2, 0.25) is 0 Å². The van der Waals surface area contributed by atoms with Crippen LogP contribution in [0, 0.1) is 28.6 Å². The first-order chi connectivity index (χ1) is 18.9. The first kappa shape index (κ1) is 28.7. The number of ether oxygens (including phenoxy) is 4. The van der Waals surface area contributed by atoms with Gasteiger partial charge in [-0.25, -0.2) is 4.79 Å². The lowest BCUT2D eigenvalue weighted by Gasteiger charge is -2.65. The Labute approximate surface area is 235 Å². The molecule has 0 amide bonds. The van der Waals surface area contributed by atoms with E-state index < -0.39 is 64.6 Å². The molecule has 224 valence electrons. The summed E-state index contributed by atoms with van der Waals surface area (Å²) in [5, 5.41) is 46.1. The van der Waals surface area contributed by atoms with Gasteiger partial charge in [-0.2, -0.15) is 0 Å². The lowest BCUT2D eigenvalue weighted by atomic mass is 9.41. The van der Waals surface area contributed by atoms with Gasteiger partial charge in [-0.05, 0) is 62.9 Å². The molecule has 40 heavy (non-hydrogen) atoms. The van der Waals surface area contributed by atoms with Gasteiger partial charge in [-0.3, -0.25) is 0 Å². The van der Waals surface area contributed by atoms with E-state index in [0.717, 1.165) is 11.9 Å². The number of rotatable bonds is 5. The second kappa shape index (κ2) is 9.82. The third-order valence-corrected chi connectivity index (χ3v) is 12.1. The van der Waals surface area contributed by atoms with Gasteiger partial charge in [0.05, 0.1) is 41.0 Å². The third kappa shape index (κ3) is 3.93. The lowest BCUT2D eigenvalue weighted by molar-refractivity contribution is -0.287. The molecule has 13 atom stereocenters. The molecule has 1 saturated heterocycles. The molecule has 6 aliphatic rings. The SMILES string of the molecule is CO[C@@H]1C[C@H](O[C@H]2CC[C@]3(C=O)[C@H]4CC[C@]5(C)[C@@H](C6=CC(=O)OC6)[C@@H](O)C[C@]5(O)[C@@H]4CC[C@]3(O)C2)O[C@H](C)[C@@H]1O. The zero-order valence-electron chi connectivity index (χ0n) is 23.7. The summed E-state index contributed by atoms with van der Waals surface area (Å²) < 4.78 is 22.8. The molecule has 0 unspecified atom stereocenters. The summed E-state index contributed by atoms with van der Waals surface area (Å²) in [5.74, 6) is -1.31. The van der Waals surface area contributed by atoms with Crippen LogP contribution in [0.25, 0.3) is 0 Å². The van der Waals surface area contributed by atoms with Crippen LogP contribution in [0.15, 0.2) is 11.6 Å². The number of aliphatic hydroxyl groups is 4. The average molecular weight is 565 g/mol. The number of aliphatic hydroxyl groups excluding tert-OH is 2. The number of methoxy groups -OCH3 is 1. The van der Waals surface area contributed by atoms with Crippen molar-refractivity contribution in [2.75, 3.05) is 13.7 Å². The van der Waals surface area contributed by atoms with Crippen LogP contribution in [0.3, 0.4) is 0 Å². The molecule has 10 heteroatoms. The van der Waals surface area contributed by atoms with Crippen molar-refractivity contribution >= 4 is 12.3 Å². The van der Waals surface area contributed by atoms with E-state index in [1.165, 1.54) is 6.08 Å². The Hall–Kier alpha value is -1.40. The average Bonchev–Trinajstić information content (AvgIpc) is 3.41. The van der Waals surface area contributed by atoms with Crippen LogP contribution in [0.4, 0.5) is 0 Å². The summed E-state index contributed by atoms with van der Waals surface area (Å²) in [6, 6.07) is 0. The van der Waals surface area contributed by atoms with E-state index in [9.17, 15) is 30.0 Å². The monoisotopic (exact) mass is 564 g/mol. The standard InChI is InChI=1S/C30H44O10/c1-16-26(34)22(37-3)11-24(39-16)40-18-4-8-28(15-31)19-5-7-27(2)25(17-10-23(33)38-14-17)21(32)13-30(27,36)20(19)6-9-29(28,35)12-18/h10,15-16,18-22,24-26,32,34-36H,4-9,11-14H2,1-3H3/t16-,18+,19+,20-,21+,22-,24+,25+,26+,27-,28+,29+,30+/m1/s1. The van der Waals surface area contributed by atoms with Crippen LogP contribution < -0.4 is 0 Å². The van der Waals surface area contributed by atoms with Crippen molar-refractivity contribution in [2.24, 2.45) is 28.6 Å². The van der Waals surface area contributed by atoms with Gasteiger partial charge >= 0.3 is 5.97 Å². The number of hydrogen-bond donors (Lipinski definition) is 4. The summed E-state index contributed by atoms with van der Waals surface area (Å²) >= 11 is 0. The molecule has 2 aliphatic heterocycles. The molecule has 4 N–H and O–H groups in total. The first-order valence-electron chi connectivity index (χ1n) is 14.9. The number of carbonyl (C=O) groups is 2. The highest BCUT2D eigenvalue weighted by atomic mass is 16.7. The van der Waals surface area contributed by atoms with Crippen molar-refractivity contribution in [1.82, 2.24) is 0 Å². The minimum absolute atomic E-state index is 0.132. The highest BCUT2D eigenvalue weighted by Gasteiger charge is 2.73. The number of esters is 1. The van der Waals surface area contributed by atoms with Gasteiger partial charge < -0.3 is 44.2 Å². The quantitative estimate of drug-likeness (QED) is 0.219. The summed E-state index contributed by atoms with van der Waals surface area (Å²) in [6.45, 7) is 3.91. The second-order valence-electron chi connectivity index (χ2n) is 13.7. The molecule has 0 radical (unpaired) electrons. The van der Waals surface area contributed by atoms with Gasteiger partial charge in [-0.15, -0.1) is 0 Å². The fourth-order valence-corrected chi connectivity index (χ4v) is 10.1. The molecule has 0 spiro atoms. The fraction of sp³-hybridized carbons (Fsp3) is 0.867. The maximum Gasteiger partial charge on any atom is 0.331 e. The molecule has 4 aliphatic carbocycles. The molecule has 0 aromatic rings. The minimum atomic E-state index is -1.28. The summed E-state index contributed by atoms with van der Waals surface area (Å²) in [4.78, 5) is 24.9. The number of cyclic esters (lactones) is 1. The number of hydrogen-bond acceptors (Lipinski definition) is 10. The Bertz CT molecular complexity index is 1060. The highest BCUT2D eigenvalue weighted by Crippen LogP contribution is 2.70. The molecule has 2 heterocycles. The van der Waals surface area contributed by atoms with Gasteiger partial charge in [0.25, 0.3) is 0 Å². The Balaban J connectivity index is 1.23. The predicted molar refractivity (Wildman–Crippen MR) is 140 cm³/mol. The van der Waals surface area contributed by atoms with Crippen LogP contribution in [-0.2, 0) is 28.5 Å². The summed E-state index contributed by atoms with van der Waals surface area (Å²) in [6.07, 6.45) is 2.99. The Morgan fingerprint density at radius 2 is 1.82 bits per heavy atom. The van der Waals surface area contributed by atoms with Crippen LogP contribution in [-0.4, -0.2) is 94.4 Å². The molecular formula is C30H44O10. The van der Waals surface area contributed by atoms with Gasteiger partial charge in [0.1, 0.15) is 19.0 Å². The van der Waals surface area contributed by atoms with E-state index in [1.807, 2.05) is 6.92 Å². The maximum absolute atomic E-state index is 13.0. The molecule has 5 fully saturated rings. The van der Waals surface area contributed by atoms with Crippen molar-refractivity contribution in [2.45, 2.75) is 120 Å². The molecule has 0 aromatic carbocycles. The van der Waals surface area contributed by atoms with E-state index >= 15 is 0 Å². The fourth-order valence-electron chi connectivity index (χ4n) is 10.1. The zero-order valence-corrected chi connectivity index (χ0v) is 23.7. The van der Waals surface area contributed by atoms with Crippen molar-refractivity contribution in [3.8, 4) is 0 Å². The summed E-state index contributed by atoms with van der Waals surface area (Å²) in [5.41, 5.74) is -3.49. The van der Waals surface area contributed by atoms with E-state index in [-0.39, 0.29) is 37.4 Å². The Kier molecular flexibility index (Phi) is 7.05. The van der Waals surface area contributed by atoms with Gasteiger partial charge in [0, 0.05) is 43.8 Å². The zero-order chi connectivity index (χ0) is 28.7. The largest absolute Gasteiger partial charge is 0.458 e. The van der Waals surface area contributed by atoms with Crippen molar-refractivity contribution in [3.63, 3.8) is 0 Å². The van der Waals surface area contributed by atoms with Crippen LogP contribution in [0.2, 0.25) is 0 Å². The smallest absolute Gasteiger partial charge is 0.331 e. The van der Waals surface area contributed by atoms with Crippen molar-refractivity contribution < 1.29 is 49.0 Å². The topological polar surface area (TPSA) is 152 Å². The number of fused-ring (bicyclic) bond motifs is 5. The summed E-state index contributed by atoms with van der Waals surface area (Å²) in [7, 11) is 1.55. The van der Waals surface area contributed by atoms with Crippen molar-refractivity contribution in [1.29, 1.82) is 0 Å². The second-order valence-corrected chi connectivity index (χ2v) is 13.7. The van der Waals surface area contributed by atoms with E-state index in [2.05, 4.69) is 0 Å². The predicted octanol–water partition coefficient (Wildman–Crippen LogP) is 1.40. The number of aldehydes is 1. The first-order valence-corrected chi connectivity index (χ1v) is 14.9. The van der Waals surface area contributed by atoms with E-state index in [4.69, 9.17) is 18.9 Å². The minimum Gasteiger partial charge on any atom is -0.458 e.